The van der Waals surface area contributed by atoms with Gasteiger partial charge in [-0.1, -0.05) is 48.0 Å². The highest BCUT2D eigenvalue weighted by molar-refractivity contribution is 6.30. The molecule has 0 unspecified atom stereocenters. The summed E-state index contributed by atoms with van der Waals surface area (Å²) in [4.78, 5) is 4.46. The Labute approximate surface area is 104 Å². The maximum absolute atomic E-state index is 5.99. The maximum Gasteiger partial charge on any atom is 0.129 e. The molecule has 0 aliphatic heterocycles. The minimum absolute atomic E-state index is 0.550. The molecule has 0 saturated carbocycles. The van der Waals surface area contributed by atoms with E-state index in [4.69, 9.17) is 11.6 Å². The Balaban J connectivity index is 2.26. The molecule has 0 spiro atoms. The van der Waals surface area contributed by atoms with Crippen molar-refractivity contribution in [3.05, 3.63) is 53.7 Å². The van der Waals surface area contributed by atoms with Gasteiger partial charge in [-0.05, 0) is 28.5 Å². The second-order valence-electron chi connectivity index (χ2n) is 4.24. The Morgan fingerprint density at radius 1 is 0.765 bits per heavy atom. The monoisotopic (exact) mass is 237 g/mol. The van der Waals surface area contributed by atoms with Crippen LogP contribution < -0.4 is 0 Å². The predicted octanol–water partition coefficient (Wildman–Crippen LogP) is 4.54. The van der Waals surface area contributed by atoms with Crippen LogP contribution in [0.2, 0.25) is 5.15 Å². The van der Waals surface area contributed by atoms with Gasteiger partial charge in [-0.2, -0.15) is 0 Å². The fraction of sp³-hybridized carbons (Fsp3) is 0. The second-order valence-corrected chi connectivity index (χ2v) is 4.63. The Hall–Kier alpha value is -1.86. The summed E-state index contributed by atoms with van der Waals surface area (Å²) in [5, 5.41) is 3.10. The van der Waals surface area contributed by atoms with Crippen LogP contribution in [0.15, 0.2) is 48.5 Å². The largest absolute Gasteiger partial charge is 0.235 e. The van der Waals surface area contributed by atoms with E-state index in [0.29, 0.717) is 5.15 Å². The van der Waals surface area contributed by atoms with Crippen molar-refractivity contribution in [3.8, 4) is 22.4 Å². The number of rotatable bonds is 0. The van der Waals surface area contributed by atoms with Gasteiger partial charge >= 0.3 is 0 Å². The fourth-order valence-electron chi connectivity index (χ4n) is 2.62. The summed E-state index contributed by atoms with van der Waals surface area (Å²) in [5.41, 5.74) is 4.64. The van der Waals surface area contributed by atoms with Crippen molar-refractivity contribution >= 4 is 22.4 Å². The first-order chi connectivity index (χ1) is 8.34. The minimum atomic E-state index is 0.550. The smallest absolute Gasteiger partial charge is 0.129 e. The lowest BCUT2D eigenvalue weighted by Gasteiger charge is -1.99. The number of hydrogen-bond acceptors (Lipinski definition) is 1. The highest BCUT2D eigenvalue weighted by Crippen LogP contribution is 2.46. The number of aromatic nitrogens is 1. The zero-order valence-electron chi connectivity index (χ0n) is 8.94. The number of halogens is 1. The van der Waals surface area contributed by atoms with E-state index in [-0.39, 0.29) is 0 Å². The van der Waals surface area contributed by atoms with Gasteiger partial charge in [-0.15, -0.1) is 0 Å². The molecule has 2 aromatic carbocycles. The molecule has 0 radical (unpaired) electrons. The number of fused-ring (bicyclic) bond motifs is 3. The summed E-state index contributed by atoms with van der Waals surface area (Å²) in [5.74, 6) is 0. The third kappa shape index (κ3) is 1.12. The van der Waals surface area contributed by atoms with Gasteiger partial charge in [0, 0.05) is 11.1 Å². The van der Waals surface area contributed by atoms with E-state index in [1.165, 1.54) is 27.5 Å². The lowest BCUT2D eigenvalue weighted by Crippen LogP contribution is -1.82. The first-order valence-corrected chi connectivity index (χ1v) is 5.91. The summed E-state index contributed by atoms with van der Waals surface area (Å²) >= 11 is 5.99. The van der Waals surface area contributed by atoms with Gasteiger partial charge in [0.05, 0.1) is 5.69 Å². The van der Waals surface area contributed by atoms with E-state index in [1.807, 2.05) is 6.07 Å². The SMILES string of the molecule is Clc1ccc2c(n1)-c1cccc3cccc-2c13. The minimum Gasteiger partial charge on any atom is -0.235 e. The van der Waals surface area contributed by atoms with E-state index < -0.39 is 0 Å². The summed E-state index contributed by atoms with van der Waals surface area (Å²) in [6.07, 6.45) is 0. The van der Waals surface area contributed by atoms with Crippen LogP contribution in [-0.4, -0.2) is 4.98 Å². The van der Waals surface area contributed by atoms with Crippen molar-refractivity contribution in [1.29, 1.82) is 0 Å². The third-order valence-corrected chi connectivity index (χ3v) is 3.52. The lowest BCUT2D eigenvalue weighted by atomic mass is 10.0. The molecule has 1 aromatic heterocycles. The Morgan fingerprint density at radius 2 is 1.53 bits per heavy atom. The van der Waals surface area contributed by atoms with Crippen molar-refractivity contribution in [3.63, 3.8) is 0 Å². The predicted molar refractivity (Wildman–Crippen MR) is 71.2 cm³/mol. The third-order valence-electron chi connectivity index (χ3n) is 3.31. The van der Waals surface area contributed by atoms with Gasteiger partial charge in [0.25, 0.3) is 0 Å². The molecule has 3 aromatic rings. The molecule has 0 amide bonds. The average Bonchev–Trinajstić information content (AvgIpc) is 2.67. The molecule has 0 bridgehead atoms. The zero-order chi connectivity index (χ0) is 11.4. The molecule has 1 heterocycles. The Morgan fingerprint density at radius 3 is 2.35 bits per heavy atom. The molecule has 17 heavy (non-hydrogen) atoms. The van der Waals surface area contributed by atoms with Gasteiger partial charge in [0.15, 0.2) is 0 Å². The molecule has 0 saturated heterocycles. The zero-order valence-corrected chi connectivity index (χ0v) is 9.70. The van der Waals surface area contributed by atoms with Gasteiger partial charge in [-0.25, -0.2) is 4.98 Å². The second kappa shape index (κ2) is 3.08. The lowest BCUT2D eigenvalue weighted by molar-refractivity contribution is 1.35. The van der Waals surface area contributed by atoms with E-state index in [1.54, 1.807) is 0 Å². The van der Waals surface area contributed by atoms with E-state index >= 15 is 0 Å². The molecule has 1 nitrogen and oxygen atoms in total. The normalized spacial score (nSPS) is 11.8. The van der Waals surface area contributed by atoms with Crippen LogP contribution in [0.3, 0.4) is 0 Å². The first-order valence-electron chi connectivity index (χ1n) is 5.53. The molecule has 2 heteroatoms. The molecule has 1 aliphatic rings. The van der Waals surface area contributed by atoms with Crippen LogP contribution in [0.4, 0.5) is 0 Å². The molecule has 4 rings (SSSR count). The molecular formula is C15H8ClN. The van der Waals surface area contributed by atoms with Gasteiger partial charge < -0.3 is 0 Å². The standard InChI is InChI=1S/C15H8ClN/c16-13-8-7-11-10-5-1-3-9-4-2-6-12(14(9)10)15(11)17-13/h1-8H. The van der Waals surface area contributed by atoms with Crippen LogP contribution in [0.1, 0.15) is 0 Å². The van der Waals surface area contributed by atoms with Crippen LogP contribution in [0.5, 0.6) is 0 Å². The Bertz CT molecular complexity index is 757. The van der Waals surface area contributed by atoms with Crippen LogP contribution >= 0.6 is 11.6 Å². The highest BCUT2D eigenvalue weighted by Gasteiger charge is 2.21. The summed E-state index contributed by atoms with van der Waals surface area (Å²) in [7, 11) is 0. The van der Waals surface area contributed by atoms with Crippen molar-refractivity contribution in [1.82, 2.24) is 4.98 Å². The van der Waals surface area contributed by atoms with Crippen molar-refractivity contribution in [2.45, 2.75) is 0 Å². The summed E-state index contributed by atoms with van der Waals surface area (Å²) in [6, 6.07) is 16.6. The summed E-state index contributed by atoms with van der Waals surface area (Å²) in [6.45, 7) is 0. The first kappa shape index (κ1) is 9.20. The summed E-state index contributed by atoms with van der Waals surface area (Å²) < 4.78 is 0. The van der Waals surface area contributed by atoms with E-state index in [9.17, 15) is 0 Å². The molecule has 0 N–H and O–H groups in total. The van der Waals surface area contributed by atoms with Crippen molar-refractivity contribution < 1.29 is 0 Å². The number of pyridine rings is 1. The number of hydrogen-bond donors (Lipinski definition) is 0. The van der Waals surface area contributed by atoms with Gasteiger partial charge in [0.2, 0.25) is 0 Å². The van der Waals surface area contributed by atoms with Crippen LogP contribution in [0, 0.1) is 0 Å². The fourth-order valence-corrected chi connectivity index (χ4v) is 2.77. The topological polar surface area (TPSA) is 12.9 Å². The molecular weight excluding hydrogens is 230 g/mol. The maximum atomic E-state index is 5.99. The molecule has 0 atom stereocenters. The highest BCUT2D eigenvalue weighted by atomic mass is 35.5. The number of benzene rings is 2. The van der Waals surface area contributed by atoms with Gasteiger partial charge in [-0.3, -0.25) is 0 Å². The van der Waals surface area contributed by atoms with E-state index in [2.05, 4.69) is 47.4 Å². The Kier molecular flexibility index (Phi) is 1.67. The van der Waals surface area contributed by atoms with Crippen molar-refractivity contribution in [2.24, 2.45) is 0 Å². The van der Waals surface area contributed by atoms with E-state index in [0.717, 1.165) is 5.69 Å². The molecule has 1 aliphatic carbocycles. The van der Waals surface area contributed by atoms with Crippen molar-refractivity contribution in [2.75, 3.05) is 0 Å². The van der Waals surface area contributed by atoms with Crippen LogP contribution in [-0.2, 0) is 0 Å². The molecule has 0 fully saturated rings. The average molecular weight is 238 g/mol. The van der Waals surface area contributed by atoms with Gasteiger partial charge in [0.1, 0.15) is 5.15 Å². The number of nitrogens with zero attached hydrogens (tertiary/aromatic N) is 1. The quantitative estimate of drug-likeness (QED) is 0.409. The van der Waals surface area contributed by atoms with Crippen LogP contribution in [0.25, 0.3) is 33.2 Å². The molecule has 80 valence electrons.